The van der Waals surface area contributed by atoms with Gasteiger partial charge < -0.3 is 24.7 Å². The van der Waals surface area contributed by atoms with Gasteiger partial charge in [-0.05, 0) is 31.0 Å². The van der Waals surface area contributed by atoms with E-state index in [4.69, 9.17) is 19.9 Å². The SMILES string of the molecule is COCCC1O[C@H](C)[C@H]2OC(N)=N[C@](CF)(c3cc(CC(=O)c4cnc(OCF)cn4)ccc3F)C12. The topological polar surface area (TPSA) is 118 Å². The lowest BCUT2D eigenvalue weighted by molar-refractivity contribution is 0.00691. The molecule has 36 heavy (non-hydrogen) atoms. The molecule has 9 nitrogen and oxygen atoms in total. The number of carbonyl (C=O) groups excluding carboxylic acids is 1. The normalized spacial score (nSPS) is 27.2. The van der Waals surface area contributed by atoms with Gasteiger partial charge in [0.15, 0.2) is 5.78 Å². The molecular weight excluding hydrogens is 481 g/mol. The number of nitrogens with zero attached hydrogens (tertiary/aromatic N) is 3. The number of halogens is 3. The van der Waals surface area contributed by atoms with Gasteiger partial charge in [0.05, 0.1) is 30.5 Å². The minimum atomic E-state index is -1.72. The van der Waals surface area contributed by atoms with E-state index in [-0.39, 0.29) is 29.6 Å². The molecule has 0 aliphatic carbocycles. The number of Topliss-reactive ketones (excluding diaryl/α,β-unsaturated/α-hetero) is 1. The van der Waals surface area contributed by atoms with Crippen molar-refractivity contribution in [2.75, 3.05) is 27.3 Å². The third-order valence-corrected chi connectivity index (χ3v) is 6.51. The summed E-state index contributed by atoms with van der Waals surface area (Å²) in [4.78, 5) is 24.8. The zero-order valence-electron chi connectivity index (χ0n) is 19.8. The number of rotatable bonds is 10. The number of methoxy groups -OCH3 is 1. The number of ether oxygens (including phenoxy) is 4. The molecule has 3 heterocycles. The van der Waals surface area contributed by atoms with Crippen molar-refractivity contribution >= 4 is 11.8 Å². The lowest BCUT2D eigenvalue weighted by Crippen LogP contribution is -2.53. The highest BCUT2D eigenvalue weighted by molar-refractivity contribution is 5.95. The number of ketones is 1. The molecule has 1 saturated heterocycles. The lowest BCUT2D eigenvalue weighted by atomic mass is 9.72. The van der Waals surface area contributed by atoms with Crippen LogP contribution in [-0.2, 0) is 26.2 Å². The molecule has 0 radical (unpaired) electrons. The van der Waals surface area contributed by atoms with Crippen LogP contribution in [0.15, 0.2) is 35.6 Å². The summed E-state index contributed by atoms with van der Waals surface area (Å²) in [6.07, 6.45) is 0.926. The van der Waals surface area contributed by atoms with Crippen molar-refractivity contribution in [2.45, 2.75) is 43.6 Å². The molecule has 1 aromatic carbocycles. The standard InChI is InChI=1S/C24H27F3N4O5/c1-13-22-21(19(35-13)5-6-33-2)24(11-25,31-23(28)36-22)15-7-14(3-4-16(15)27)8-18(32)17-9-30-20(10-29-17)34-12-26/h3-4,7,9-10,13,19,21-22H,5-6,8,11-12H2,1-2H3,(H2,28,31)/t13-,19?,21?,22-,24-/m1/s1. The van der Waals surface area contributed by atoms with Gasteiger partial charge in [-0.2, -0.15) is 0 Å². The Kier molecular flexibility index (Phi) is 7.74. The maximum Gasteiger partial charge on any atom is 0.283 e. The van der Waals surface area contributed by atoms with Crippen LogP contribution in [0.4, 0.5) is 13.2 Å². The second-order valence-electron chi connectivity index (χ2n) is 8.68. The van der Waals surface area contributed by atoms with Gasteiger partial charge in [-0.25, -0.2) is 28.1 Å². The highest BCUT2D eigenvalue weighted by Crippen LogP contribution is 2.49. The fraction of sp³-hybridized carbons (Fsp3) is 0.500. The summed E-state index contributed by atoms with van der Waals surface area (Å²) in [6.45, 7) is -0.0157. The monoisotopic (exact) mass is 508 g/mol. The molecule has 1 aromatic heterocycles. The van der Waals surface area contributed by atoms with Crippen LogP contribution in [0.1, 0.15) is 35.0 Å². The third kappa shape index (κ3) is 4.87. The van der Waals surface area contributed by atoms with Gasteiger partial charge in [-0.1, -0.05) is 6.07 Å². The predicted molar refractivity (Wildman–Crippen MR) is 122 cm³/mol. The Hall–Kier alpha value is -3.25. The molecule has 2 aromatic rings. The number of hydrogen-bond donors (Lipinski definition) is 1. The van der Waals surface area contributed by atoms with Crippen LogP contribution in [0.2, 0.25) is 0 Å². The number of alkyl halides is 2. The van der Waals surface area contributed by atoms with E-state index in [0.29, 0.717) is 18.6 Å². The number of nitrogens with two attached hydrogens (primary N) is 1. The van der Waals surface area contributed by atoms with Crippen LogP contribution in [0.3, 0.4) is 0 Å². The van der Waals surface area contributed by atoms with Crippen LogP contribution >= 0.6 is 0 Å². The van der Waals surface area contributed by atoms with Crippen molar-refractivity contribution in [3.63, 3.8) is 0 Å². The first kappa shape index (κ1) is 25.8. The second-order valence-corrected chi connectivity index (χ2v) is 8.68. The fourth-order valence-corrected chi connectivity index (χ4v) is 4.92. The highest BCUT2D eigenvalue weighted by atomic mass is 19.1. The van der Waals surface area contributed by atoms with Crippen LogP contribution in [0, 0.1) is 11.7 Å². The number of benzene rings is 1. The molecule has 4 rings (SSSR count). The van der Waals surface area contributed by atoms with Gasteiger partial charge in [0.2, 0.25) is 12.7 Å². The zero-order chi connectivity index (χ0) is 25.9. The number of aliphatic imine (C=N–C) groups is 1. The molecule has 1 fully saturated rings. The molecule has 0 bridgehead atoms. The van der Waals surface area contributed by atoms with Gasteiger partial charge >= 0.3 is 0 Å². The van der Waals surface area contributed by atoms with E-state index in [1.54, 1.807) is 6.92 Å². The molecule has 2 N–H and O–H groups in total. The van der Waals surface area contributed by atoms with Crippen LogP contribution < -0.4 is 10.5 Å². The molecule has 0 amide bonds. The van der Waals surface area contributed by atoms with E-state index in [1.807, 2.05) is 0 Å². The van der Waals surface area contributed by atoms with E-state index >= 15 is 4.39 Å². The average Bonchev–Trinajstić information content (AvgIpc) is 3.19. The van der Waals surface area contributed by atoms with Crippen LogP contribution in [0.5, 0.6) is 5.88 Å². The second kappa shape index (κ2) is 10.8. The Morgan fingerprint density at radius 3 is 2.72 bits per heavy atom. The predicted octanol–water partition coefficient (Wildman–Crippen LogP) is 2.67. The summed E-state index contributed by atoms with van der Waals surface area (Å²) in [5.41, 5.74) is 4.58. The Labute approximate surface area is 205 Å². The largest absolute Gasteiger partial charge is 0.459 e. The van der Waals surface area contributed by atoms with E-state index in [9.17, 15) is 13.6 Å². The van der Waals surface area contributed by atoms with Gasteiger partial charge in [0, 0.05) is 25.7 Å². The maximum atomic E-state index is 15.3. The molecular formula is C24H27F3N4O5. The van der Waals surface area contributed by atoms with Crippen LogP contribution in [0.25, 0.3) is 0 Å². The fourth-order valence-electron chi connectivity index (χ4n) is 4.92. The third-order valence-electron chi connectivity index (χ3n) is 6.51. The number of aromatic nitrogens is 2. The van der Waals surface area contributed by atoms with E-state index in [0.717, 1.165) is 12.4 Å². The number of fused-ring (bicyclic) bond motifs is 1. The summed E-state index contributed by atoms with van der Waals surface area (Å²) in [7, 11) is 1.54. The molecule has 194 valence electrons. The molecule has 2 unspecified atom stereocenters. The molecule has 0 saturated carbocycles. The van der Waals surface area contributed by atoms with Gasteiger partial charge in [-0.3, -0.25) is 4.79 Å². The van der Waals surface area contributed by atoms with Crippen molar-refractivity contribution in [3.8, 4) is 5.88 Å². The molecule has 5 atom stereocenters. The van der Waals surface area contributed by atoms with Gasteiger partial charge in [0.1, 0.15) is 29.8 Å². The van der Waals surface area contributed by atoms with Gasteiger partial charge in [0.25, 0.3) is 6.02 Å². The average molecular weight is 508 g/mol. The summed E-state index contributed by atoms with van der Waals surface area (Å²) in [5, 5.41) is 0. The van der Waals surface area contributed by atoms with E-state index in [1.165, 1.54) is 25.3 Å². The minimum Gasteiger partial charge on any atom is -0.459 e. The first-order valence-electron chi connectivity index (χ1n) is 11.4. The smallest absolute Gasteiger partial charge is 0.283 e. The molecule has 2 aliphatic rings. The first-order chi connectivity index (χ1) is 17.3. The molecule has 2 aliphatic heterocycles. The molecule has 12 heteroatoms. The Bertz CT molecular complexity index is 1120. The number of hydrogen-bond acceptors (Lipinski definition) is 9. The van der Waals surface area contributed by atoms with Crippen molar-refractivity contribution in [1.29, 1.82) is 0 Å². The van der Waals surface area contributed by atoms with E-state index < -0.39 is 54.9 Å². The Morgan fingerprint density at radius 1 is 1.25 bits per heavy atom. The van der Waals surface area contributed by atoms with Crippen molar-refractivity contribution in [2.24, 2.45) is 16.6 Å². The van der Waals surface area contributed by atoms with Crippen molar-refractivity contribution in [1.82, 2.24) is 9.97 Å². The van der Waals surface area contributed by atoms with Crippen molar-refractivity contribution in [3.05, 3.63) is 53.2 Å². The summed E-state index contributed by atoms with van der Waals surface area (Å²) >= 11 is 0. The highest BCUT2D eigenvalue weighted by Gasteiger charge is 2.59. The lowest BCUT2D eigenvalue weighted by Gasteiger charge is -2.42. The number of amidine groups is 1. The maximum absolute atomic E-state index is 15.3. The number of carbonyl (C=O) groups is 1. The van der Waals surface area contributed by atoms with Gasteiger partial charge in [-0.15, -0.1) is 0 Å². The zero-order valence-corrected chi connectivity index (χ0v) is 19.8. The minimum absolute atomic E-state index is 0.0123. The van der Waals surface area contributed by atoms with Crippen molar-refractivity contribution < 1.29 is 36.9 Å². The summed E-state index contributed by atoms with van der Waals surface area (Å²) < 4.78 is 64.0. The Morgan fingerprint density at radius 2 is 2.06 bits per heavy atom. The van der Waals surface area contributed by atoms with Crippen LogP contribution in [-0.4, -0.2) is 67.3 Å². The first-order valence-corrected chi connectivity index (χ1v) is 11.4. The summed E-state index contributed by atoms with van der Waals surface area (Å²) in [6, 6.07) is 3.75. The quantitative estimate of drug-likeness (QED) is 0.487. The van der Waals surface area contributed by atoms with E-state index in [2.05, 4.69) is 19.7 Å². The summed E-state index contributed by atoms with van der Waals surface area (Å²) in [5.74, 6) is -1.87. The molecule has 0 spiro atoms. The Balaban J connectivity index is 1.68.